The van der Waals surface area contributed by atoms with Crippen LogP contribution in [0.3, 0.4) is 0 Å². The van der Waals surface area contributed by atoms with Gasteiger partial charge in [0.1, 0.15) is 5.82 Å². The Morgan fingerprint density at radius 3 is 3.06 bits per heavy atom. The molecule has 1 aliphatic rings. The van der Waals surface area contributed by atoms with Crippen molar-refractivity contribution >= 4 is 44.7 Å². The number of hydrogen-bond acceptors (Lipinski definition) is 3. The lowest BCUT2D eigenvalue weighted by molar-refractivity contribution is 0.579. The Bertz CT molecular complexity index is 578. The van der Waals surface area contributed by atoms with Crippen molar-refractivity contribution in [3.63, 3.8) is 0 Å². The molecule has 3 rings (SSSR count). The number of nitrogen functional groups attached to an aromatic ring is 1. The van der Waals surface area contributed by atoms with E-state index in [9.17, 15) is 4.39 Å². The number of anilines is 1. The Hall–Kier alpha value is -0.750. The third-order valence-corrected chi connectivity index (χ3v) is 4.78. The normalized spacial score (nSPS) is 20.2. The summed E-state index contributed by atoms with van der Waals surface area (Å²) in [7, 11) is 0. The molecule has 1 fully saturated rings. The van der Waals surface area contributed by atoms with Crippen molar-refractivity contribution in [1.29, 1.82) is 0 Å². The van der Waals surface area contributed by atoms with Crippen LogP contribution in [-0.2, 0) is 0 Å². The van der Waals surface area contributed by atoms with E-state index < -0.39 is 0 Å². The van der Waals surface area contributed by atoms with Gasteiger partial charge < -0.3 is 10.3 Å². The molecule has 0 bridgehead atoms. The largest absolute Gasteiger partial charge is 0.369 e. The van der Waals surface area contributed by atoms with E-state index in [-0.39, 0.29) is 5.82 Å². The van der Waals surface area contributed by atoms with Crippen LogP contribution < -0.4 is 5.73 Å². The van der Waals surface area contributed by atoms with Crippen molar-refractivity contribution < 1.29 is 4.39 Å². The van der Waals surface area contributed by atoms with Gasteiger partial charge in [-0.1, -0.05) is 0 Å². The summed E-state index contributed by atoms with van der Waals surface area (Å²) < 4.78 is 16.0. The lowest BCUT2D eigenvalue weighted by atomic mass is 10.2. The molecule has 0 aliphatic carbocycles. The van der Waals surface area contributed by atoms with E-state index in [0.717, 1.165) is 29.0 Å². The molecule has 3 nitrogen and oxygen atoms in total. The first-order chi connectivity index (χ1) is 8.16. The summed E-state index contributed by atoms with van der Waals surface area (Å²) in [6, 6.07) is 3.52. The van der Waals surface area contributed by atoms with E-state index in [0.29, 0.717) is 16.5 Å². The predicted octanol–water partition coefficient (Wildman–Crippen LogP) is 3.20. The van der Waals surface area contributed by atoms with E-state index in [1.807, 2.05) is 16.3 Å². The molecule has 0 spiro atoms. The maximum Gasteiger partial charge on any atom is 0.201 e. The number of nitrogens with zero attached hydrogens (tertiary/aromatic N) is 2. The summed E-state index contributed by atoms with van der Waals surface area (Å²) in [5.41, 5.74) is 7.47. The Labute approximate surface area is 111 Å². The molecule has 0 saturated carbocycles. The Morgan fingerprint density at radius 2 is 2.35 bits per heavy atom. The highest BCUT2D eigenvalue weighted by atomic mass is 79.9. The quantitative estimate of drug-likeness (QED) is 0.879. The summed E-state index contributed by atoms with van der Waals surface area (Å²) in [6.07, 6.45) is 1.07. The second-order valence-electron chi connectivity index (χ2n) is 4.11. The van der Waals surface area contributed by atoms with Gasteiger partial charge in [-0.3, -0.25) is 0 Å². The van der Waals surface area contributed by atoms with Crippen LogP contribution in [0.4, 0.5) is 10.3 Å². The van der Waals surface area contributed by atoms with E-state index >= 15 is 0 Å². The van der Waals surface area contributed by atoms with Crippen LogP contribution >= 0.6 is 27.7 Å². The topological polar surface area (TPSA) is 43.8 Å². The van der Waals surface area contributed by atoms with Crippen LogP contribution in [0, 0.1) is 5.82 Å². The van der Waals surface area contributed by atoms with Gasteiger partial charge in [0.15, 0.2) is 0 Å². The summed E-state index contributed by atoms with van der Waals surface area (Å²) >= 11 is 5.06. The van der Waals surface area contributed by atoms with Gasteiger partial charge in [-0.15, -0.1) is 0 Å². The highest BCUT2D eigenvalue weighted by molar-refractivity contribution is 9.10. The molecule has 1 atom stereocenters. The fourth-order valence-electron chi connectivity index (χ4n) is 2.22. The zero-order chi connectivity index (χ0) is 12.0. The van der Waals surface area contributed by atoms with Crippen LogP contribution in [0.2, 0.25) is 0 Å². The van der Waals surface area contributed by atoms with E-state index in [2.05, 4.69) is 20.9 Å². The van der Waals surface area contributed by atoms with Gasteiger partial charge in [-0.05, 0) is 34.2 Å². The van der Waals surface area contributed by atoms with Crippen LogP contribution in [0.1, 0.15) is 12.5 Å². The molecule has 2 aromatic rings. The number of hydrogen-bond donors (Lipinski definition) is 1. The van der Waals surface area contributed by atoms with Gasteiger partial charge in [-0.25, -0.2) is 9.37 Å². The Kier molecular flexibility index (Phi) is 2.78. The number of rotatable bonds is 1. The van der Waals surface area contributed by atoms with Crippen LogP contribution in [0.25, 0.3) is 11.0 Å². The van der Waals surface area contributed by atoms with Gasteiger partial charge in [-0.2, -0.15) is 11.8 Å². The third-order valence-electron chi connectivity index (χ3n) is 3.03. The highest BCUT2D eigenvalue weighted by Gasteiger charge is 2.22. The Morgan fingerprint density at radius 1 is 1.53 bits per heavy atom. The van der Waals surface area contributed by atoms with E-state index in [4.69, 9.17) is 5.73 Å². The number of benzene rings is 1. The molecule has 2 heterocycles. The van der Waals surface area contributed by atoms with E-state index in [1.54, 1.807) is 6.07 Å². The summed E-state index contributed by atoms with van der Waals surface area (Å²) in [4.78, 5) is 4.29. The van der Waals surface area contributed by atoms with Crippen molar-refractivity contribution in [3.05, 3.63) is 22.4 Å². The molecular formula is C11H11BrFN3S. The molecule has 90 valence electrons. The number of thioether (sulfide) groups is 1. The standard InChI is InChI=1S/C11H11BrFN3S/c12-7-3-9-10(4-8(7)13)16(11(14)15-9)6-1-2-17-5-6/h3-4,6H,1-2,5H2,(H2,14,15). The maximum atomic E-state index is 13.6. The number of aromatic nitrogens is 2. The van der Waals surface area contributed by atoms with Gasteiger partial charge in [0.05, 0.1) is 15.5 Å². The van der Waals surface area contributed by atoms with Crippen LogP contribution in [-0.4, -0.2) is 21.1 Å². The fourth-order valence-corrected chi connectivity index (χ4v) is 3.74. The molecule has 0 radical (unpaired) electrons. The van der Waals surface area contributed by atoms with Crippen molar-refractivity contribution in [2.24, 2.45) is 0 Å². The first-order valence-corrected chi connectivity index (χ1v) is 7.32. The zero-order valence-corrected chi connectivity index (χ0v) is 11.4. The molecule has 2 N–H and O–H groups in total. The molecule has 17 heavy (non-hydrogen) atoms. The zero-order valence-electron chi connectivity index (χ0n) is 8.99. The molecule has 6 heteroatoms. The SMILES string of the molecule is Nc1nc2cc(Br)c(F)cc2n1C1CCSC1. The fraction of sp³-hybridized carbons (Fsp3) is 0.364. The molecule has 0 amide bonds. The molecule has 1 aliphatic heterocycles. The van der Waals surface area contributed by atoms with Crippen molar-refractivity contribution in [3.8, 4) is 0 Å². The van der Waals surface area contributed by atoms with Crippen molar-refractivity contribution in [1.82, 2.24) is 9.55 Å². The predicted molar refractivity (Wildman–Crippen MR) is 72.8 cm³/mol. The maximum absolute atomic E-state index is 13.6. The lowest BCUT2D eigenvalue weighted by Gasteiger charge is -2.13. The molecule has 1 unspecified atom stereocenters. The Balaban J connectivity index is 2.22. The molecule has 1 aromatic heterocycles. The third kappa shape index (κ3) is 1.83. The minimum Gasteiger partial charge on any atom is -0.369 e. The molecular weight excluding hydrogens is 305 g/mol. The average molecular weight is 316 g/mol. The van der Waals surface area contributed by atoms with E-state index in [1.165, 1.54) is 6.07 Å². The summed E-state index contributed by atoms with van der Waals surface area (Å²) in [6.45, 7) is 0. The number of halogens is 2. The van der Waals surface area contributed by atoms with Crippen molar-refractivity contribution in [2.75, 3.05) is 17.2 Å². The number of imidazole rings is 1. The highest BCUT2D eigenvalue weighted by Crippen LogP contribution is 2.34. The first kappa shape index (κ1) is 11.3. The van der Waals surface area contributed by atoms with Crippen LogP contribution in [0.15, 0.2) is 16.6 Å². The minimum absolute atomic E-state index is 0.274. The smallest absolute Gasteiger partial charge is 0.201 e. The van der Waals surface area contributed by atoms with Gasteiger partial charge in [0.25, 0.3) is 0 Å². The summed E-state index contributed by atoms with van der Waals surface area (Å²) in [5.74, 6) is 2.35. The van der Waals surface area contributed by atoms with Gasteiger partial charge >= 0.3 is 0 Å². The van der Waals surface area contributed by atoms with Crippen LogP contribution in [0.5, 0.6) is 0 Å². The van der Waals surface area contributed by atoms with Gasteiger partial charge in [0.2, 0.25) is 5.95 Å². The van der Waals surface area contributed by atoms with Crippen molar-refractivity contribution in [2.45, 2.75) is 12.5 Å². The first-order valence-electron chi connectivity index (χ1n) is 5.37. The van der Waals surface area contributed by atoms with Gasteiger partial charge in [0, 0.05) is 17.9 Å². The average Bonchev–Trinajstić information content (AvgIpc) is 2.86. The second-order valence-corrected chi connectivity index (χ2v) is 6.12. The summed E-state index contributed by atoms with van der Waals surface area (Å²) in [5, 5.41) is 0. The minimum atomic E-state index is -0.274. The number of fused-ring (bicyclic) bond motifs is 1. The number of nitrogens with two attached hydrogens (primary N) is 1. The lowest BCUT2D eigenvalue weighted by Crippen LogP contribution is -2.11. The molecule has 1 saturated heterocycles. The monoisotopic (exact) mass is 315 g/mol. The second kappa shape index (κ2) is 4.17. The molecule has 1 aromatic carbocycles.